The second kappa shape index (κ2) is 7.76. The van der Waals surface area contributed by atoms with Crippen molar-refractivity contribution in [1.29, 1.82) is 0 Å². The fourth-order valence-electron chi connectivity index (χ4n) is 1.47. The summed E-state index contributed by atoms with van der Waals surface area (Å²) in [6, 6.07) is 3.88. The molecule has 1 aromatic carbocycles. The first-order chi connectivity index (χ1) is 8.54. The lowest BCUT2D eigenvalue weighted by Crippen LogP contribution is -2.18. The van der Waals surface area contributed by atoms with Crippen LogP contribution in [0.25, 0.3) is 0 Å². The summed E-state index contributed by atoms with van der Waals surface area (Å²) < 4.78 is 7.41. The van der Waals surface area contributed by atoms with E-state index in [1.807, 2.05) is 19.1 Å². The number of hydrogen-bond donors (Lipinski definition) is 2. The third kappa shape index (κ3) is 4.96. The topological polar surface area (TPSA) is 58.6 Å². The van der Waals surface area contributed by atoms with Gasteiger partial charge in [0.25, 0.3) is 0 Å². The Labute approximate surface area is 123 Å². The molecule has 0 atom stereocenters. The van der Waals surface area contributed by atoms with Crippen LogP contribution in [0.5, 0.6) is 5.75 Å². The van der Waals surface area contributed by atoms with Crippen molar-refractivity contribution in [1.82, 2.24) is 5.32 Å². The van der Waals surface area contributed by atoms with Crippen LogP contribution in [0, 0.1) is 0 Å². The molecule has 0 radical (unpaired) electrons. The first kappa shape index (κ1) is 15.5. The average Bonchev–Trinajstić information content (AvgIpc) is 2.28. The smallest absolute Gasteiger partial charge is 0.304 e. The number of ether oxygens (including phenoxy) is 1. The Morgan fingerprint density at radius 3 is 2.78 bits per heavy atom. The highest BCUT2D eigenvalue weighted by molar-refractivity contribution is 9.11. The molecule has 0 bridgehead atoms. The molecule has 0 aliphatic rings. The summed E-state index contributed by atoms with van der Waals surface area (Å²) >= 11 is 6.88. The highest BCUT2D eigenvalue weighted by Gasteiger charge is 2.09. The maximum atomic E-state index is 10.4. The monoisotopic (exact) mass is 379 g/mol. The number of carboxylic acids is 1. The van der Waals surface area contributed by atoms with Gasteiger partial charge in [-0.3, -0.25) is 4.79 Å². The normalized spacial score (nSPS) is 10.4. The fourth-order valence-corrected chi connectivity index (χ4v) is 2.90. The van der Waals surface area contributed by atoms with Gasteiger partial charge in [-0.05, 0) is 35.0 Å². The van der Waals surface area contributed by atoms with Crippen molar-refractivity contribution >= 4 is 37.8 Å². The number of rotatable bonds is 7. The quantitative estimate of drug-likeness (QED) is 0.713. The molecule has 0 saturated heterocycles. The molecular weight excluding hydrogens is 366 g/mol. The number of carbonyl (C=O) groups is 1. The van der Waals surface area contributed by atoms with Crippen LogP contribution in [-0.4, -0.2) is 24.2 Å². The number of hydrogen-bond acceptors (Lipinski definition) is 3. The van der Waals surface area contributed by atoms with Crippen LogP contribution in [0.3, 0.4) is 0 Å². The van der Waals surface area contributed by atoms with E-state index in [-0.39, 0.29) is 6.42 Å². The van der Waals surface area contributed by atoms with Gasteiger partial charge in [-0.15, -0.1) is 0 Å². The molecule has 100 valence electrons. The second-order valence-corrected chi connectivity index (χ2v) is 5.40. The van der Waals surface area contributed by atoms with Gasteiger partial charge in [0, 0.05) is 23.1 Å². The zero-order chi connectivity index (χ0) is 13.5. The SMILES string of the molecule is CCOc1c(Br)cc(Br)cc1CNCCC(=O)O. The van der Waals surface area contributed by atoms with Crippen molar-refractivity contribution in [2.24, 2.45) is 0 Å². The molecule has 0 spiro atoms. The van der Waals surface area contributed by atoms with Crippen LogP contribution >= 0.6 is 31.9 Å². The molecule has 1 aromatic rings. The molecule has 0 heterocycles. The molecule has 0 aliphatic carbocycles. The minimum absolute atomic E-state index is 0.110. The van der Waals surface area contributed by atoms with Gasteiger partial charge < -0.3 is 15.2 Å². The molecule has 2 N–H and O–H groups in total. The maximum Gasteiger partial charge on any atom is 0.304 e. The summed E-state index contributed by atoms with van der Waals surface area (Å²) in [6.45, 7) is 3.52. The maximum absolute atomic E-state index is 10.4. The summed E-state index contributed by atoms with van der Waals surface area (Å²) in [5.41, 5.74) is 0.989. The number of aliphatic carboxylic acids is 1. The van der Waals surface area contributed by atoms with Crippen LogP contribution in [-0.2, 0) is 11.3 Å². The van der Waals surface area contributed by atoms with Crippen molar-refractivity contribution < 1.29 is 14.6 Å². The third-order valence-corrected chi connectivity index (χ3v) is 3.25. The Balaban J connectivity index is 2.70. The van der Waals surface area contributed by atoms with Crippen molar-refractivity contribution in [2.45, 2.75) is 19.9 Å². The van der Waals surface area contributed by atoms with E-state index >= 15 is 0 Å². The zero-order valence-corrected chi connectivity index (χ0v) is 13.2. The first-order valence-corrected chi connectivity index (χ1v) is 7.16. The summed E-state index contributed by atoms with van der Waals surface area (Å²) in [6.07, 6.45) is 0.110. The van der Waals surface area contributed by atoms with E-state index in [1.54, 1.807) is 0 Å². The second-order valence-electron chi connectivity index (χ2n) is 3.63. The lowest BCUT2D eigenvalue weighted by molar-refractivity contribution is -0.136. The standard InChI is InChI=1S/C12H15Br2NO3/c1-2-18-12-8(5-9(13)6-10(12)14)7-15-4-3-11(16)17/h5-6,15H,2-4,7H2,1H3,(H,16,17). The lowest BCUT2D eigenvalue weighted by Gasteiger charge is -2.13. The van der Waals surface area contributed by atoms with Gasteiger partial charge in [0.2, 0.25) is 0 Å². The number of benzene rings is 1. The predicted octanol–water partition coefficient (Wildman–Crippen LogP) is 3.17. The molecule has 0 unspecified atom stereocenters. The summed E-state index contributed by atoms with van der Waals surface area (Å²) in [7, 11) is 0. The molecular formula is C12H15Br2NO3. The molecule has 1 rings (SSSR count). The van der Waals surface area contributed by atoms with E-state index in [0.717, 1.165) is 20.3 Å². The van der Waals surface area contributed by atoms with Crippen LogP contribution in [0.4, 0.5) is 0 Å². The summed E-state index contributed by atoms with van der Waals surface area (Å²) in [4.78, 5) is 10.4. The van der Waals surface area contributed by atoms with Gasteiger partial charge in [-0.1, -0.05) is 15.9 Å². The molecule has 4 nitrogen and oxygen atoms in total. The van der Waals surface area contributed by atoms with Crippen molar-refractivity contribution in [3.8, 4) is 5.75 Å². The minimum atomic E-state index is -0.803. The highest BCUT2D eigenvalue weighted by atomic mass is 79.9. The third-order valence-electron chi connectivity index (χ3n) is 2.21. The Bertz CT molecular complexity index is 424. The molecule has 0 saturated carbocycles. The predicted molar refractivity (Wildman–Crippen MR) is 77.0 cm³/mol. The van der Waals surface area contributed by atoms with E-state index in [4.69, 9.17) is 9.84 Å². The van der Waals surface area contributed by atoms with Crippen LogP contribution < -0.4 is 10.1 Å². The van der Waals surface area contributed by atoms with Crippen molar-refractivity contribution in [2.75, 3.05) is 13.2 Å². The van der Waals surface area contributed by atoms with Gasteiger partial charge in [-0.2, -0.15) is 0 Å². The van der Waals surface area contributed by atoms with E-state index in [9.17, 15) is 4.79 Å². The summed E-state index contributed by atoms with van der Waals surface area (Å²) in [5.74, 6) is -0.00789. The molecule has 18 heavy (non-hydrogen) atoms. The minimum Gasteiger partial charge on any atom is -0.492 e. The van der Waals surface area contributed by atoms with Crippen LogP contribution in [0.15, 0.2) is 21.1 Å². The molecule has 0 amide bonds. The molecule has 0 fully saturated rings. The Morgan fingerprint density at radius 2 is 2.17 bits per heavy atom. The fraction of sp³-hybridized carbons (Fsp3) is 0.417. The van der Waals surface area contributed by atoms with Gasteiger partial charge >= 0.3 is 5.97 Å². The first-order valence-electron chi connectivity index (χ1n) is 5.57. The van der Waals surface area contributed by atoms with Crippen LogP contribution in [0.2, 0.25) is 0 Å². The number of halogens is 2. The molecule has 0 aliphatic heterocycles. The van der Waals surface area contributed by atoms with Crippen LogP contribution in [0.1, 0.15) is 18.9 Å². The van der Waals surface area contributed by atoms with E-state index in [2.05, 4.69) is 37.2 Å². The number of carboxylic acid groups (broad SMARTS) is 1. The van der Waals surface area contributed by atoms with E-state index in [0.29, 0.717) is 19.7 Å². The van der Waals surface area contributed by atoms with Gasteiger partial charge in [0.15, 0.2) is 0 Å². The summed E-state index contributed by atoms with van der Waals surface area (Å²) in [5, 5.41) is 11.6. The number of nitrogens with one attached hydrogen (secondary N) is 1. The van der Waals surface area contributed by atoms with Gasteiger partial charge in [-0.25, -0.2) is 0 Å². The van der Waals surface area contributed by atoms with E-state index in [1.165, 1.54) is 0 Å². The van der Waals surface area contributed by atoms with E-state index < -0.39 is 5.97 Å². The van der Waals surface area contributed by atoms with Gasteiger partial charge in [0.1, 0.15) is 5.75 Å². The molecule has 0 aromatic heterocycles. The average molecular weight is 381 g/mol. The Kier molecular flexibility index (Phi) is 6.67. The Hall–Kier alpha value is -0.590. The largest absolute Gasteiger partial charge is 0.492 e. The molecule has 6 heteroatoms. The van der Waals surface area contributed by atoms with Crippen molar-refractivity contribution in [3.05, 3.63) is 26.6 Å². The van der Waals surface area contributed by atoms with Gasteiger partial charge in [0.05, 0.1) is 17.5 Å². The zero-order valence-electron chi connectivity index (χ0n) is 10.0. The van der Waals surface area contributed by atoms with Crippen molar-refractivity contribution in [3.63, 3.8) is 0 Å². The highest BCUT2D eigenvalue weighted by Crippen LogP contribution is 2.32. The lowest BCUT2D eigenvalue weighted by atomic mass is 10.2. The Morgan fingerprint density at radius 1 is 1.44 bits per heavy atom.